The molecule has 0 N–H and O–H groups in total. The van der Waals surface area contributed by atoms with Crippen LogP contribution in [0, 0.1) is 18.8 Å². The van der Waals surface area contributed by atoms with Crippen LogP contribution >= 0.6 is 11.6 Å². The summed E-state index contributed by atoms with van der Waals surface area (Å²) in [6.07, 6.45) is 3.34. The summed E-state index contributed by atoms with van der Waals surface area (Å²) in [4.78, 5) is 38.6. The maximum absolute atomic E-state index is 12.5. The van der Waals surface area contributed by atoms with E-state index in [2.05, 4.69) is 0 Å². The number of nitrogens with zero attached hydrogens (tertiary/aromatic N) is 1. The van der Waals surface area contributed by atoms with Crippen LogP contribution in [-0.4, -0.2) is 28.7 Å². The predicted octanol–water partition coefficient (Wildman–Crippen LogP) is 3.12. The van der Waals surface area contributed by atoms with Crippen molar-refractivity contribution >= 4 is 29.4 Å². The zero-order valence-electron chi connectivity index (χ0n) is 13.8. The number of fused-ring (bicyclic) bond motifs is 1. The molecule has 1 saturated heterocycles. The van der Waals surface area contributed by atoms with Gasteiger partial charge in [0.05, 0.1) is 16.9 Å². The van der Waals surface area contributed by atoms with Gasteiger partial charge in [-0.05, 0) is 44.4 Å². The van der Waals surface area contributed by atoms with E-state index in [1.54, 1.807) is 18.2 Å². The van der Waals surface area contributed by atoms with E-state index in [0.717, 1.165) is 36.1 Å². The highest BCUT2D eigenvalue weighted by Gasteiger charge is 2.51. The Kier molecular flexibility index (Phi) is 4.63. The van der Waals surface area contributed by atoms with E-state index < -0.39 is 12.0 Å². The zero-order chi connectivity index (χ0) is 17.4. The first-order valence-electron chi connectivity index (χ1n) is 8.25. The molecule has 1 heterocycles. The van der Waals surface area contributed by atoms with Gasteiger partial charge in [-0.2, -0.15) is 0 Å². The average molecular weight is 350 g/mol. The van der Waals surface area contributed by atoms with Crippen molar-refractivity contribution in [3.63, 3.8) is 0 Å². The number of imide groups is 1. The third-order valence-corrected chi connectivity index (χ3v) is 5.21. The highest BCUT2D eigenvalue weighted by atomic mass is 35.5. The number of amides is 2. The molecule has 0 aromatic heterocycles. The number of ether oxygens (including phenoxy) is 1. The minimum absolute atomic E-state index is 0.241. The van der Waals surface area contributed by atoms with Crippen molar-refractivity contribution in [2.45, 2.75) is 45.6 Å². The second-order valence-corrected chi connectivity index (χ2v) is 6.98. The Balaban J connectivity index is 1.77. The third-order valence-electron chi connectivity index (χ3n) is 4.90. The monoisotopic (exact) mass is 349 g/mol. The molecule has 2 fully saturated rings. The van der Waals surface area contributed by atoms with Crippen molar-refractivity contribution in [2.24, 2.45) is 11.8 Å². The Morgan fingerprint density at radius 1 is 1.21 bits per heavy atom. The quantitative estimate of drug-likeness (QED) is 0.478. The molecule has 6 heteroatoms. The molecule has 0 radical (unpaired) electrons. The fourth-order valence-corrected chi connectivity index (χ4v) is 3.71. The van der Waals surface area contributed by atoms with Gasteiger partial charge in [0.15, 0.2) is 0 Å². The molecule has 0 spiro atoms. The summed E-state index contributed by atoms with van der Waals surface area (Å²) >= 11 is 6.04. The first-order valence-corrected chi connectivity index (χ1v) is 8.62. The summed E-state index contributed by atoms with van der Waals surface area (Å²) in [6.45, 7) is 3.38. The van der Waals surface area contributed by atoms with Gasteiger partial charge >= 0.3 is 5.97 Å². The molecule has 1 aliphatic carbocycles. The lowest BCUT2D eigenvalue weighted by Gasteiger charge is -2.21. The Morgan fingerprint density at radius 3 is 2.38 bits per heavy atom. The van der Waals surface area contributed by atoms with Crippen molar-refractivity contribution < 1.29 is 19.1 Å². The maximum atomic E-state index is 12.5. The molecule has 128 valence electrons. The highest BCUT2D eigenvalue weighted by molar-refractivity contribution is 6.32. The number of carbonyl (C=O) groups excluding carboxylic acids is 3. The topological polar surface area (TPSA) is 63.7 Å². The van der Waals surface area contributed by atoms with Gasteiger partial charge in [-0.3, -0.25) is 14.5 Å². The van der Waals surface area contributed by atoms with E-state index in [0.29, 0.717) is 5.02 Å². The number of aryl methyl sites for hydroxylation is 1. The fraction of sp³-hybridized carbons (Fsp3) is 0.500. The first kappa shape index (κ1) is 17.0. The Bertz CT molecular complexity index is 678. The van der Waals surface area contributed by atoms with Gasteiger partial charge in [-0.25, -0.2) is 4.79 Å². The number of benzene rings is 1. The van der Waals surface area contributed by atoms with Crippen LogP contribution in [0.25, 0.3) is 0 Å². The van der Waals surface area contributed by atoms with Crippen molar-refractivity contribution in [1.82, 2.24) is 4.90 Å². The highest BCUT2D eigenvalue weighted by Crippen LogP contribution is 2.39. The normalized spacial score (nSPS) is 24.7. The molecule has 1 aromatic rings. The lowest BCUT2D eigenvalue weighted by molar-refractivity contribution is -0.152. The van der Waals surface area contributed by atoms with E-state index >= 15 is 0 Å². The molecule has 5 nitrogen and oxygen atoms in total. The van der Waals surface area contributed by atoms with Crippen molar-refractivity contribution in [3.05, 3.63) is 28.8 Å². The first-order chi connectivity index (χ1) is 11.4. The minimum Gasteiger partial charge on any atom is -0.423 e. The van der Waals surface area contributed by atoms with Gasteiger partial charge in [0.1, 0.15) is 11.8 Å². The number of esters is 1. The summed E-state index contributed by atoms with van der Waals surface area (Å²) in [6, 6.07) is 4.15. The van der Waals surface area contributed by atoms with Gasteiger partial charge in [0, 0.05) is 0 Å². The van der Waals surface area contributed by atoms with Crippen molar-refractivity contribution in [3.8, 4) is 5.75 Å². The molecule has 3 atom stereocenters. The summed E-state index contributed by atoms with van der Waals surface area (Å²) in [7, 11) is 0. The molecule has 2 unspecified atom stereocenters. The Hall–Kier alpha value is -1.88. The SMILES string of the molecule is Cc1ccc(Cl)c(OC(=O)[C@H](C)N2C(=O)C3CCCCC3C2=O)c1. The average Bonchev–Trinajstić information content (AvgIpc) is 2.82. The number of halogens is 1. The summed E-state index contributed by atoms with van der Waals surface area (Å²) in [5.74, 6) is -1.45. The van der Waals surface area contributed by atoms with E-state index in [9.17, 15) is 14.4 Å². The molecule has 3 rings (SSSR count). The van der Waals surface area contributed by atoms with Gasteiger partial charge in [-0.1, -0.05) is 30.5 Å². The molecule has 1 saturated carbocycles. The molecular weight excluding hydrogens is 330 g/mol. The number of carbonyl (C=O) groups is 3. The van der Waals surface area contributed by atoms with Gasteiger partial charge < -0.3 is 4.74 Å². The predicted molar refractivity (Wildman–Crippen MR) is 88.6 cm³/mol. The van der Waals surface area contributed by atoms with Crippen molar-refractivity contribution in [1.29, 1.82) is 0 Å². The van der Waals surface area contributed by atoms with Crippen molar-refractivity contribution in [2.75, 3.05) is 0 Å². The van der Waals surface area contributed by atoms with Crippen LogP contribution in [0.15, 0.2) is 18.2 Å². The van der Waals surface area contributed by atoms with Crippen LogP contribution in [0.1, 0.15) is 38.2 Å². The summed E-state index contributed by atoms with van der Waals surface area (Å²) in [5, 5.41) is 0.314. The smallest absolute Gasteiger partial charge is 0.334 e. The summed E-state index contributed by atoms with van der Waals surface area (Å²) < 4.78 is 5.33. The zero-order valence-corrected chi connectivity index (χ0v) is 14.5. The lowest BCUT2D eigenvalue weighted by atomic mass is 9.81. The number of likely N-dealkylation sites (tertiary alicyclic amines) is 1. The van der Waals surface area contributed by atoms with Gasteiger partial charge in [-0.15, -0.1) is 0 Å². The minimum atomic E-state index is -0.952. The van der Waals surface area contributed by atoms with Crippen LogP contribution in [-0.2, 0) is 14.4 Å². The van der Waals surface area contributed by atoms with E-state index in [-0.39, 0.29) is 29.4 Å². The molecular formula is C18H20ClNO4. The van der Waals surface area contributed by atoms with Crippen LogP contribution in [0.2, 0.25) is 5.02 Å². The fourth-order valence-electron chi connectivity index (χ4n) is 3.56. The number of hydrogen-bond donors (Lipinski definition) is 0. The molecule has 24 heavy (non-hydrogen) atoms. The van der Waals surface area contributed by atoms with Gasteiger partial charge in [0.2, 0.25) is 11.8 Å². The maximum Gasteiger partial charge on any atom is 0.334 e. The van der Waals surface area contributed by atoms with E-state index in [1.807, 2.05) is 6.92 Å². The largest absolute Gasteiger partial charge is 0.423 e. The number of rotatable bonds is 3. The van der Waals surface area contributed by atoms with E-state index in [4.69, 9.17) is 16.3 Å². The summed E-state index contributed by atoms with van der Waals surface area (Å²) in [5.41, 5.74) is 0.897. The van der Waals surface area contributed by atoms with Crippen LogP contribution < -0.4 is 4.74 Å². The van der Waals surface area contributed by atoms with Crippen LogP contribution in [0.5, 0.6) is 5.75 Å². The third kappa shape index (κ3) is 2.93. The second-order valence-electron chi connectivity index (χ2n) is 6.57. The molecule has 2 aliphatic rings. The molecule has 1 aliphatic heterocycles. The standard InChI is InChI=1S/C18H20ClNO4/c1-10-7-8-14(19)15(9-10)24-18(23)11(2)20-16(21)12-5-3-4-6-13(12)17(20)22/h7-9,11-13H,3-6H2,1-2H3/t11-,12?,13?/m0/s1. The molecule has 0 bridgehead atoms. The lowest BCUT2D eigenvalue weighted by Crippen LogP contribution is -2.45. The molecule has 1 aromatic carbocycles. The van der Waals surface area contributed by atoms with Crippen LogP contribution in [0.4, 0.5) is 0 Å². The molecule has 2 amide bonds. The Morgan fingerprint density at radius 2 is 1.79 bits per heavy atom. The van der Waals surface area contributed by atoms with Gasteiger partial charge in [0.25, 0.3) is 0 Å². The Labute approximate surface area is 145 Å². The van der Waals surface area contributed by atoms with E-state index in [1.165, 1.54) is 6.92 Å². The number of hydrogen-bond acceptors (Lipinski definition) is 4. The second kappa shape index (κ2) is 6.55. The van der Waals surface area contributed by atoms with Crippen LogP contribution in [0.3, 0.4) is 0 Å².